The van der Waals surface area contributed by atoms with E-state index in [4.69, 9.17) is 10.5 Å². The number of nitrogens with zero attached hydrogens (tertiary/aromatic N) is 1. The van der Waals surface area contributed by atoms with Gasteiger partial charge in [-0.05, 0) is 30.7 Å². The van der Waals surface area contributed by atoms with Crippen LogP contribution >= 0.6 is 0 Å². The number of hydrogen-bond acceptors (Lipinski definition) is 3. The summed E-state index contributed by atoms with van der Waals surface area (Å²) in [5.74, 6) is 5.65. The molecule has 0 bridgehead atoms. The molecule has 1 aromatic carbocycles. The van der Waals surface area contributed by atoms with Crippen LogP contribution in [0.2, 0.25) is 0 Å². The molecule has 2 N–H and O–H groups in total. The van der Waals surface area contributed by atoms with Crippen molar-refractivity contribution >= 4 is 0 Å². The second kappa shape index (κ2) is 6.69. The molecule has 0 aliphatic carbocycles. The summed E-state index contributed by atoms with van der Waals surface area (Å²) in [5.41, 5.74) is 7.94. The van der Waals surface area contributed by atoms with Crippen LogP contribution in [0.3, 0.4) is 0 Å². The van der Waals surface area contributed by atoms with E-state index < -0.39 is 0 Å². The number of benzene rings is 1. The molecule has 0 spiro atoms. The molecule has 4 heteroatoms. The number of aryl methyl sites for hydroxylation is 1. The molecule has 1 aromatic heterocycles. The largest absolute Gasteiger partial charge is 0.487 e. The summed E-state index contributed by atoms with van der Waals surface area (Å²) < 4.78 is 18.9. The van der Waals surface area contributed by atoms with E-state index in [0.29, 0.717) is 17.9 Å². The van der Waals surface area contributed by atoms with Crippen LogP contribution in [0.4, 0.5) is 4.39 Å². The molecule has 0 radical (unpaired) electrons. The summed E-state index contributed by atoms with van der Waals surface area (Å²) in [7, 11) is 0. The van der Waals surface area contributed by atoms with Gasteiger partial charge in [-0.25, -0.2) is 4.39 Å². The zero-order chi connectivity index (χ0) is 14.4. The van der Waals surface area contributed by atoms with Crippen molar-refractivity contribution in [1.82, 2.24) is 4.98 Å². The lowest BCUT2D eigenvalue weighted by Gasteiger charge is -2.08. The van der Waals surface area contributed by atoms with Gasteiger partial charge in [0.2, 0.25) is 0 Å². The highest BCUT2D eigenvalue weighted by atomic mass is 19.1. The van der Waals surface area contributed by atoms with Crippen molar-refractivity contribution in [3.05, 3.63) is 59.2 Å². The topological polar surface area (TPSA) is 48.1 Å². The van der Waals surface area contributed by atoms with Crippen molar-refractivity contribution in [2.75, 3.05) is 6.54 Å². The minimum atomic E-state index is -0.360. The molecule has 0 saturated heterocycles. The minimum absolute atomic E-state index is 0.249. The number of ether oxygens (including phenoxy) is 1. The van der Waals surface area contributed by atoms with Crippen LogP contribution in [0.5, 0.6) is 5.75 Å². The number of halogens is 1. The number of hydrogen-bond donors (Lipinski definition) is 1. The van der Waals surface area contributed by atoms with Gasteiger partial charge in [0.25, 0.3) is 0 Å². The molecule has 0 atom stereocenters. The van der Waals surface area contributed by atoms with Gasteiger partial charge in [0.05, 0.1) is 12.1 Å². The Labute approximate surface area is 117 Å². The molecule has 3 nitrogen and oxygen atoms in total. The highest BCUT2D eigenvalue weighted by Gasteiger charge is 2.04. The van der Waals surface area contributed by atoms with E-state index in [2.05, 4.69) is 16.8 Å². The lowest BCUT2D eigenvalue weighted by molar-refractivity contribution is 0.303. The summed E-state index contributed by atoms with van der Waals surface area (Å²) in [5, 5.41) is 0. The highest BCUT2D eigenvalue weighted by Crippen LogP contribution is 2.20. The highest BCUT2D eigenvalue weighted by molar-refractivity contribution is 5.46. The fraction of sp³-hybridized carbons (Fsp3) is 0.188. The monoisotopic (exact) mass is 270 g/mol. The minimum Gasteiger partial charge on any atom is -0.487 e. The summed E-state index contributed by atoms with van der Waals surface area (Å²) >= 11 is 0. The van der Waals surface area contributed by atoms with Crippen molar-refractivity contribution in [3.8, 4) is 17.6 Å². The molecule has 102 valence electrons. The van der Waals surface area contributed by atoms with E-state index in [0.717, 1.165) is 11.1 Å². The van der Waals surface area contributed by atoms with Crippen LogP contribution in [-0.4, -0.2) is 11.5 Å². The fourth-order valence-electron chi connectivity index (χ4n) is 1.72. The van der Waals surface area contributed by atoms with Gasteiger partial charge in [0.1, 0.15) is 18.2 Å². The quantitative estimate of drug-likeness (QED) is 0.871. The predicted molar refractivity (Wildman–Crippen MR) is 75.6 cm³/mol. The van der Waals surface area contributed by atoms with Gasteiger partial charge in [0.15, 0.2) is 0 Å². The second-order valence-corrected chi connectivity index (χ2v) is 4.31. The first-order chi connectivity index (χ1) is 9.69. The summed E-state index contributed by atoms with van der Waals surface area (Å²) in [4.78, 5) is 4.09. The summed E-state index contributed by atoms with van der Waals surface area (Å²) in [6, 6.07) is 6.23. The van der Waals surface area contributed by atoms with E-state index in [1.54, 1.807) is 18.5 Å². The van der Waals surface area contributed by atoms with Crippen LogP contribution in [0, 0.1) is 24.6 Å². The third-order valence-electron chi connectivity index (χ3n) is 2.59. The van der Waals surface area contributed by atoms with E-state index in [-0.39, 0.29) is 12.4 Å². The van der Waals surface area contributed by atoms with Gasteiger partial charge < -0.3 is 10.5 Å². The van der Waals surface area contributed by atoms with Crippen molar-refractivity contribution in [2.24, 2.45) is 5.73 Å². The van der Waals surface area contributed by atoms with E-state index in [1.807, 2.05) is 13.0 Å². The summed E-state index contributed by atoms with van der Waals surface area (Å²) in [6.07, 6.45) is 3.49. The van der Waals surface area contributed by atoms with Gasteiger partial charge in [-0.2, -0.15) is 0 Å². The Balaban J connectivity index is 2.17. The van der Waals surface area contributed by atoms with Crippen molar-refractivity contribution in [3.63, 3.8) is 0 Å². The molecule has 0 aliphatic heterocycles. The average molecular weight is 270 g/mol. The lowest BCUT2D eigenvalue weighted by Crippen LogP contribution is -1.99. The Hall–Kier alpha value is -2.38. The Kier molecular flexibility index (Phi) is 4.70. The Morgan fingerprint density at radius 1 is 1.30 bits per heavy atom. The molecule has 0 fully saturated rings. The zero-order valence-corrected chi connectivity index (χ0v) is 11.2. The van der Waals surface area contributed by atoms with Crippen LogP contribution < -0.4 is 10.5 Å². The van der Waals surface area contributed by atoms with Crippen LogP contribution in [0.1, 0.15) is 16.7 Å². The van der Waals surface area contributed by atoms with E-state index in [9.17, 15) is 4.39 Å². The zero-order valence-electron chi connectivity index (χ0n) is 11.2. The molecule has 0 unspecified atom stereocenters. The maximum Gasteiger partial charge on any atom is 0.138 e. The van der Waals surface area contributed by atoms with Gasteiger partial charge in [-0.3, -0.25) is 4.98 Å². The first kappa shape index (κ1) is 14.0. The van der Waals surface area contributed by atoms with Gasteiger partial charge in [-0.15, -0.1) is 0 Å². The smallest absolute Gasteiger partial charge is 0.138 e. The third-order valence-corrected chi connectivity index (χ3v) is 2.59. The Morgan fingerprint density at radius 2 is 2.15 bits per heavy atom. The molecule has 0 amide bonds. The van der Waals surface area contributed by atoms with Crippen molar-refractivity contribution < 1.29 is 9.13 Å². The first-order valence-corrected chi connectivity index (χ1v) is 6.21. The van der Waals surface area contributed by atoms with Gasteiger partial charge in [-0.1, -0.05) is 11.8 Å². The normalized spacial score (nSPS) is 9.75. The van der Waals surface area contributed by atoms with Crippen LogP contribution in [0.25, 0.3) is 0 Å². The van der Waals surface area contributed by atoms with E-state index >= 15 is 0 Å². The SMILES string of the molecule is Cc1cncc(COc2cc(F)ccc2C#CCN)c1. The molecule has 2 rings (SSSR count). The lowest BCUT2D eigenvalue weighted by atomic mass is 10.2. The van der Waals surface area contributed by atoms with E-state index in [1.165, 1.54) is 12.1 Å². The number of rotatable bonds is 3. The average Bonchev–Trinajstić information content (AvgIpc) is 2.44. The number of aromatic nitrogens is 1. The maximum atomic E-state index is 13.3. The van der Waals surface area contributed by atoms with Crippen molar-refractivity contribution in [1.29, 1.82) is 0 Å². The van der Waals surface area contributed by atoms with Gasteiger partial charge >= 0.3 is 0 Å². The summed E-state index contributed by atoms with van der Waals surface area (Å²) in [6.45, 7) is 2.52. The van der Waals surface area contributed by atoms with Gasteiger partial charge in [0, 0.05) is 24.0 Å². The molecular weight excluding hydrogens is 255 g/mol. The Bertz CT molecular complexity index is 659. The maximum absolute atomic E-state index is 13.3. The fourth-order valence-corrected chi connectivity index (χ4v) is 1.72. The number of pyridine rings is 1. The Morgan fingerprint density at radius 3 is 2.90 bits per heavy atom. The molecule has 2 aromatic rings. The van der Waals surface area contributed by atoms with Crippen molar-refractivity contribution in [2.45, 2.75) is 13.5 Å². The molecule has 1 heterocycles. The van der Waals surface area contributed by atoms with Crippen LogP contribution in [-0.2, 0) is 6.61 Å². The standard InChI is InChI=1S/C16H15FN2O/c1-12-7-13(10-19-9-12)11-20-16-8-15(17)5-4-14(16)3-2-6-18/h4-5,7-10H,6,11,18H2,1H3. The molecule has 20 heavy (non-hydrogen) atoms. The number of nitrogens with two attached hydrogens (primary N) is 1. The first-order valence-electron chi connectivity index (χ1n) is 6.21. The van der Waals surface area contributed by atoms with Crippen LogP contribution in [0.15, 0.2) is 36.7 Å². The predicted octanol–water partition coefficient (Wildman–Crippen LogP) is 2.42. The molecule has 0 saturated carbocycles. The second-order valence-electron chi connectivity index (χ2n) is 4.31. The third kappa shape index (κ3) is 3.81. The molecular formula is C16H15FN2O. The molecule has 0 aliphatic rings.